The Kier molecular flexibility index (Phi) is 4.02. The van der Waals surface area contributed by atoms with Gasteiger partial charge in [-0.3, -0.25) is 4.79 Å². The molecule has 1 fully saturated rings. The number of anilines is 2. The molecule has 18 heavy (non-hydrogen) atoms. The summed E-state index contributed by atoms with van der Waals surface area (Å²) in [7, 11) is 0. The first-order valence-corrected chi connectivity index (χ1v) is 6.35. The van der Waals surface area contributed by atoms with E-state index in [2.05, 4.69) is 9.88 Å². The van der Waals surface area contributed by atoms with Crippen molar-refractivity contribution in [1.82, 2.24) is 4.98 Å². The van der Waals surface area contributed by atoms with Crippen molar-refractivity contribution in [3.05, 3.63) is 18.2 Å². The second kappa shape index (κ2) is 5.71. The molecule has 1 aliphatic rings. The smallest absolute Gasteiger partial charge is 0.310 e. The number of hydrogen-bond donors (Lipinski definition) is 1. The summed E-state index contributed by atoms with van der Waals surface area (Å²) in [5.41, 5.74) is 5.68. The lowest BCUT2D eigenvalue weighted by Gasteiger charge is -2.32. The lowest BCUT2D eigenvalue weighted by molar-refractivity contribution is -0.148. The first-order chi connectivity index (χ1) is 8.70. The van der Waals surface area contributed by atoms with Crippen LogP contribution in [0.4, 0.5) is 11.6 Å². The van der Waals surface area contributed by atoms with Gasteiger partial charge in [-0.15, -0.1) is 0 Å². The second-order valence-electron chi connectivity index (χ2n) is 4.46. The standard InChI is InChI=1S/C13H19N3O2/c1-2-18-13(17)10-5-4-8-16(9-10)12-7-3-6-11(14)15-12/h3,6-7,10H,2,4-5,8-9H2,1H3,(H2,14,15). The van der Waals surface area contributed by atoms with Crippen LogP contribution in [0.5, 0.6) is 0 Å². The van der Waals surface area contributed by atoms with Crippen LogP contribution < -0.4 is 10.6 Å². The van der Waals surface area contributed by atoms with Crippen molar-refractivity contribution in [3.63, 3.8) is 0 Å². The van der Waals surface area contributed by atoms with E-state index < -0.39 is 0 Å². The number of carbonyl (C=O) groups excluding carboxylic acids is 1. The van der Waals surface area contributed by atoms with Gasteiger partial charge in [0.25, 0.3) is 0 Å². The molecule has 2 N–H and O–H groups in total. The van der Waals surface area contributed by atoms with Gasteiger partial charge in [-0.25, -0.2) is 4.98 Å². The number of carbonyl (C=O) groups is 1. The van der Waals surface area contributed by atoms with Crippen molar-refractivity contribution >= 4 is 17.6 Å². The fourth-order valence-electron chi connectivity index (χ4n) is 2.25. The molecule has 0 spiro atoms. The highest BCUT2D eigenvalue weighted by Gasteiger charge is 2.27. The van der Waals surface area contributed by atoms with Crippen LogP contribution in [0.1, 0.15) is 19.8 Å². The first kappa shape index (κ1) is 12.7. The summed E-state index contributed by atoms with van der Waals surface area (Å²) in [4.78, 5) is 18.1. The second-order valence-corrected chi connectivity index (χ2v) is 4.46. The maximum atomic E-state index is 11.7. The van der Waals surface area contributed by atoms with Crippen LogP contribution in [0, 0.1) is 5.92 Å². The summed E-state index contributed by atoms with van der Waals surface area (Å²) in [5, 5.41) is 0. The molecule has 0 amide bonds. The molecule has 1 aromatic heterocycles. The van der Waals surface area contributed by atoms with Crippen LogP contribution in [0.2, 0.25) is 0 Å². The van der Waals surface area contributed by atoms with E-state index in [1.807, 2.05) is 19.1 Å². The molecule has 2 heterocycles. The zero-order valence-corrected chi connectivity index (χ0v) is 10.6. The predicted molar refractivity (Wildman–Crippen MR) is 70.2 cm³/mol. The molecule has 1 aliphatic heterocycles. The molecule has 1 atom stereocenters. The van der Waals surface area contributed by atoms with Gasteiger partial charge in [-0.05, 0) is 31.9 Å². The molecule has 5 nitrogen and oxygen atoms in total. The molecule has 1 saturated heterocycles. The Labute approximate surface area is 107 Å². The van der Waals surface area contributed by atoms with Crippen molar-refractivity contribution in [2.75, 3.05) is 30.3 Å². The predicted octanol–water partition coefficient (Wildman–Crippen LogP) is 1.44. The van der Waals surface area contributed by atoms with Crippen LogP contribution in [0.3, 0.4) is 0 Å². The fraction of sp³-hybridized carbons (Fsp3) is 0.538. The highest BCUT2D eigenvalue weighted by molar-refractivity contribution is 5.73. The topological polar surface area (TPSA) is 68.5 Å². The Bertz CT molecular complexity index is 422. The minimum absolute atomic E-state index is 0.0538. The van der Waals surface area contributed by atoms with Crippen molar-refractivity contribution < 1.29 is 9.53 Å². The molecular formula is C13H19N3O2. The third kappa shape index (κ3) is 2.91. The highest BCUT2D eigenvalue weighted by Crippen LogP contribution is 2.23. The van der Waals surface area contributed by atoms with E-state index in [-0.39, 0.29) is 11.9 Å². The number of nitrogens with two attached hydrogens (primary N) is 1. The maximum Gasteiger partial charge on any atom is 0.310 e. The third-order valence-electron chi connectivity index (χ3n) is 3.12. The average molecular weight is 249 g/mol. The molecule has 1 unspecified atom stereocenters. The lowest BCUT2D eigenvalue weighted by atomic mass is 9.98. The summed E-state index contributed by atoms with van der Waals surface area (Å²) in [6, 6.07) is 5.56. The SMILES string of the molecule is CCOC(=O)C1CCCN(c2cccc(N)n2)C1. The summed E-state index contributed by atoms with van der Waals surface area (Å²) < 4.78 is 5.08. The quantitative estimate of drug-likeness (QED) is 0.821. The molecule has 1 aromatic rings. The summed E-state index contributed by atoms with van der Waals surface area (Å²) in [5.74, 6) is 1.18. The number of aromatic nitrogens is 1. The van der Waals surface area contributed by atoms with E-state index in [1.54, 1.807) is 6.07 Å². The molecule has 2 rings (SSSR count). The fourth-order valence-corrected chi connectivity index (χ4v) is 2.25. The summed E-state index contributed by atoms with van der Waals surface area (Å²) in [6.45, 7) is 3.84. The van der Waals surface area contributed by atoms with Gasteiger partial charge in [0.05, 0.1) is 12.5 Å². The van der Waals surface area contributed by atoms with Gasteiger partial charge in [0, 0.05) is 13.1 Å². The molecule has 0 bridgehead atoms. The van der Waals surface area contributed by atoms with Gasteiger partial charge in [0.2, 0.25) is 0 Å². The van der Waals surface area contributed by atoms with Crippen LogP contribution >= 0.6 is 0 Å². The number of esters is 1. The van der Waals surface area contributed by atoms with E-state index in [0.717, 1.165) is 25.2 Å². The highest BCUT2D eigenvalue weighted by atomic mass is 16.5. The molecular weight excluding hydrogens is 230 g/mol. The Morgan fingerprint density at radius 1 is 1.61 bits per heavy atom. The van der Waals surface area contributed by atoms with Crippen molar-refractivity contribution in [2.24, 2.45) is 5.92 Å². The van der Waals surface area contributed by atoms with Crippen molar-refractivity contribution in [2.45, 2.75) is 19.8 Å². The van der Waals surface area contributed by atoms with Gasteiger partial charge in [0.1, 0.15) is 11.6 Å². The van der Waals surface area contributed by atoms with Crippen molar-refractivity contribution in [1.29, 1.82) is 0 Å². The zero-order valence-electron chi connectivity index (χ0n) is 10.6. The van der Waals surface area contributed by atoms with Gasteiger partial charge in [-0.2, -0.15) is 0 Å². The van der Waals surface area contributed by atoms with E-state index >= 15 is 0 Å². The minimum atomic E-state index is -0.105. The van der Waals surface area contributed by atoms with E-state index in [0.29, 0.717) is 19.0 Å². The van der Waals surface area contributed by atoms with Gasteiger partial charge in [0.15, 0.2) is 0 Å². The average Bonchev–Trinajstić information content (AvgIpc) is 2.39. The molecule has 98 valence electrons. The maximum absolute atomic E-state index is 11.7. The molecule has 5 heteroatoms. The summed E-state index contributed by atoms with van der Waals surface area (Å²) >= 11 is 0. The van der Waals surface area contributed by atoms with Gasteiger partial charge in [-0.1, -0.05) is 6.07 Å². The Balaban J connectivity index is 2.04. The van der Waals surface area contributed by atoms with E-state index in [9.17, 15) is 4.79 Å². The largest absolute Gasteiger partial charge is 0.466 e. The molecule has 0 aliphatic carbocycles. The first-order valence-electron chi connectivity index (χ1n) is 6.35. The van der Waals surface area contributed by atoms with Crippen LogP contribution in [0.15, 0.2) is 18.2 Å². The van der Waals surface area contributed by atoms with Crippen molar-refractivity contribution in [3.8, 4) is 0 Å². The van der Waals surface area contributed by atoms with Gasteiger partial charge < -0.3 is 15.4 Å². The third-order valence-corrected chi connectivity index (χ3v) is 3.12. The van der Waals surface area contributed by atoms with E-state index in [4.69, 9.17) is 10.5 Å². The number of hydrogen-bond acceptors (Lipinski definition) is 5. The van der Waals surface area contributed by atoms with Crippen LogP contribution in [-0.2, 0) is 9.53 Å². The number of nitrogens with zero attached hydrogens (tertiary/aromatic N) is 2. The lowest BCUT2D eigenvalue weighted by Crippen LogP contribution is -2.39. The number of rotatable bonds is 3. The number of pyridine rings is 1. The van der Waals surface area contributed by atoms with Crippen LogP contribution in [0.25, 0.3) is 0 Å². The normalized spacial score (nSPS) is 19.6. The Morgan fingerprint density at radius 2 is 2.44 bits per heavy atom. The Hall–Kier alpha value is -1.78. The monoisotopic (exact) mass is 249 g/mol. The van der Waals surface area contributed by atoms with Gasteiger partial charge >= 0.3 is 5.97 Å². The van der Waals surface area contributed by atoms with E-state index in [1.165, 1.54) is 0 Å². The number of nitrogen functional groups attached to an aromatic ring is 1. The minimum Gasteiger partial charge on any atom is -0.466 e. The van der Waals surface area contributed by atoms with Crippen LogP contribution in [-0.4, -0.2) is 30.6 Å². The zero-order chi connectivity index (χ0) is 13.0. The Morgan fingerprint density at radius 3 is 3.17 bits per heavy atom. The molecule has 0 aromatic carbocycles. The summed E-state index contributed by atoms with van der Waals surface area (Å²) in [6.07, 6.45) is 1.86. The molecule has 0 saturated carbocycles. The number of piperidine rings is 1. The molecule has 0 radical (unpaired) electrons. The number of ether oxygens (including phenoxy) is 1.